The molecule has 0 heterocycles. The summed E-state index contributed by atoms with van der Waals surface area (Å²) in [5, 5.41) is 2.73. The lowest BCUT2D eigenvalue weighted by molar-refractivity contribution is -0.125. The van der Waals surface area contributed by atoms with E-state index in [1.165, 1.54) is 0 Å². The highest BCUT2D eigenvalue weighted by Crippen LogP contribution is 1.81. The van der Waals surface area contributed by atoms with Crippen LogP contribution in [0.25, 0.3) is 0 Å². The second-order valence-electron chi connectivity index (χ2n) is 2.74. The average Bonchev–Trinajstić information content (AvgIpc) is 2.13. The van der Waals surface area contributed by atoms with Gasteiger partial charge in [0.2, 0.25) is 5.91 Å². The first kappa shape index (κ1) is 12.2. The summed E-state index contributed by atoms with van der Waals surface area (Å²) in [5.41, 5.74) is 0. The Morgan fingerprint density at radius 3 is 2.77 bits per heavy atom. The van der Waals surface area contributed by atoms with Gasteiger partial charge < -0.3 is 10.1 Å². The molecule has 0 aliphatic carbocycles. The maximum atomic E-state index is 11.0. The zero-order chi connectivity index (χ0) is 9.94. The predicted molar refractivity (Wildman–Crippen MR) is 53.6 cm³/mol. The van der Waals surface area contributed by atoms with E-state index in [2.05, 4.69) is 12.2 Å². The number of amides is 1. The molecule has 3 heteroatoms. The highest BCUT2D eigenvalue weighted by Gasteiger charge is 1.97. The topological polar surface area (TPSA) is 38.3 Å². The molecular weight excluding hydrogens is 166 g/mol. The summed E-state index contributed by atoms with van der Waals surface area (Å²) in [7, 11) is 0. The zero-order valence-corrected chi connectivity index (χ0v) is 8.51. The van der Waals surface area contributed by atoms with Gasteiger partial charge in [0, 0.05) is 13.2 Å². The Balaban J connectivity index is 3.25. The minimum absolute atomic E-state index is 0.0470. The van der Waals surface area contributed by atoms with Gasteiger partial charge in [0.1, 0.15) is 6.61 Å². The van der Waals surface area contributed by atoms with Crippen LogP contribution in [0.5, 0.6) is 0 Å². The van der Waals surface area contributed by atoms with Gasteiger partial charge in [0.15, 0.2) is 0 Å². The summed E-state index contributed by atoms with van der Waals surface area (Å²) in [6.45, 7) is 5.50. The van der Waals surface area contributed by atoms with E-state index in [9.17, 15) is 4.79 Å². The molecule has 0 fully saturated rings. The molecule has 0 radical (unpaired) electrons. The molecule has 1 amide bonds. The average molecular weight is 185 g/mol. The van der Waals surface area contributed by atoms with Crippen LogP contribution in [0.15, 0.2) is 12.2 Å². The van der Waals surface area contributed by atoms with Crippen molar-refractivity contribution in [2.75, 3.05) is 19.8 Å². The maximum absolute atomic E-state index is 11.0. The first-order valence-corrected chi connectivity index (χ1v) is 4.80. The van der Waals surface area contributed by atoms with Crippen molar-refractivity contribution in [3.05, 3.63) is 12.2 Å². The summed E-state index contributed by atoms with van der Waals surface area (Å²) in [6, 6.07) is 0. The van der Waals surface area contributed by atoms with E-state index in [1.807, 2.05) is 19.1 Å². The van der Waals surface area contributed by atoms with Crippen LogP contribution in [0.2, 0.25) is 0 Å². The molecule has 0 atom stereocenters. The lowest BCUT2D eigenvalue weighted by Gasteiger charge is -2.02. The number of hydrogen-bond acceptors (Lipinski definition) is 2. The van der Waals surface area contributed by atoms with Gasteiger partial charge in [-0.3, -0.25) is 4.79 Å². The molecule has 0 bridgehead atoms. The lowest BCUT2D eigenvalue weighted by Crippen LogP contribution is -2.27. The van der Waals surface area contributed by atoms with Crippen LogP contribution in [0.3, 0.4) is 0 Å². The Morgan fingerprint density at radius 2 is 2.15 bits per heavy atom. The van der Waals surface area contributed by atoms with Gasteiger partial charge in [-0.15, -0.1) is 0 Å². The largest absolute Gasteiger partial charge is 0.372 e. The number of carbonyl (C=O) groups excluding carboxylic acids is 1. The SMILES string of the molecule is CC/C=C/CNC(=O)COCCC. The van der Waals surface area contributed by atoms with Gasteiger partial charge >= 0.3 is 0 Å². The van der Waals surface area contributed by atoms with E-state index in [-0.39, 0.29) is 12.5 Å². The summed E-state index contributed by atoms with van der Waals surface area (Å²) in [4.78, 5) is 11.0. The minimum atomic E-state index is -0.0470. The van der Waals surface area contributed by atoms with E-state index in [0.29, 0.717) is 13.2 Å². The first-order chi connectivity index (χ1) is 6.31. The Kier molecular flexibility index (Phi) is 8.67. The molecule has 76 valence electrons. The number of hydrogen-bond donors (Lipinski definition) is 1. The van der Waals surface area contributed by atoms with E-state index < -0.39 is 0 Å². The van der Waals surface area contributed by atoms with Crippen molar-refractivity contribution < 1.29 is 9.53 Å². The second-order valence-corrected chi connectivity index (χ2v) is 2.74. The molecule has 0 saturated heterocycles. The highest BCUT2D eigenvalue weighted by atomic mass is 16.5. The third-order valence-corrected chi connectivity index (χ3v) is 1.40. The molecule has 0 unspecified atom stereocenters. The quantitative estimate of drug-likeness (QED) is 0.482. The summed E-state index contributed by atoms with van der Waals surface area (Å²) >= 11 is 0. The lowest BCUT2D eigenvalue weighted by atomic mass is 10.4. The fourth-order valence-electron chi connectivity index (χ4n) is 0.783. The fraction of sp³-hybridized carbons (Fsp3) is 0.700. The van der Waals surface area contributed by atoms with Gasteiger partial charge in [-0.1, -0.05) is 26.0 Å². The molecule has 0 aliphatic heterocycles. The number of carbonyl (C=O) groups is 1. The van der Waals surface area contributed by atoms with E-state index in [1.54, 1.807) is 0 Å². The van der Waals surface area contributed by atoms with E-state index in [4.69, 9.17) is 4.74 Å². The van der Waals surface area contributed by atoms with Crippen molar-refractivity contribution in [3.8, 4) is 0 Å². The molecule has 0 saturated carbocycles. The molecule has 1 N–H and O–H groups in total. The van der Waals surface area contributed by atoms with E-state index >= 15 is 0 Å². The Morgan fingerprint density at radius 1 is 1.38 bits per heavy atom. The van der Waals surface area contributed by atoms with Crippen molar-refractivity contribution in [2.24, 2.45) is 0 Å². The smallest absolute Gasteiger partial charge is 0.246 e. The van der Waals surface area contributed by atoms with Crippen molar-refractivity contribution in [2.45, 2.75) is 26.7 Å². The van der Waals surface area contributed by atoms with Crippen LogP contribution < -0.4 is 5.32 Å². The van der Waals surface area contributed by atoms with Gasteiger partial charge in [-0.05, 0) is 12.8 Å². The zero-order valence-electron chi connectivity index (χ0n) is 8.51. The normalized spacial score (nSPS) is 10.6. The third kappa shape index (κ3) is 9.08. The van der Waals surface area contributed by atoms with Crippen molar-refractivity contribution in [1.29, 1.82) is 0 Å². The summed E-state index contributed by atoms with van der Waals surface area (Å²) in [5.74, 6) is -0.0470. The molecule has 13 heavy (non-hydrogen) atoms. The number of nitrogens with one attached hydrogen (secondary N) is 1. The predicted octanol–water partition coefficient (Wildman–Crippen LogP) is 1.50. The summed E-state index contributed by atoms with van der Waals surface area (Å²) in [6.07, 6.45) is 5.91. The maximum Gasteiger partial charge on any atom is 0.246 e. The molecule has 0 aliphatic rings. The summed E-state index contributed by atoms with van der Waals surface area (Å²) < 4.78 is 5.07. The Hall–Kier alpha value is -0.830. The van der Waals surface area contributed by atoms with Crippen molar-refractivity contribution >= 4 is 5.91 Å². The van der Waals surface area contributed by atoms with Crippen LogP contribution in [-0.4, -0.2) is 25.7 Å². The molecule has 0 rings (SSSR count). The second kappa shape index (κ2) is 9.26. The van der Waals surface area contributed by atoms with Gasteiger partial charge in [-0.25, -0.2) is 0 Å². The van der Waals surface area contributed by atoms with Crippen LogP contribution >= 0.6 is 0 Å². The first-order valence-electron chi connectivity index (χ1n) is 4.80. The monoisotopic (exact) mass is 185 g/mol. The highest BCUT2D eigenvalue weighted by molar-refractivity contribution is 5.77. The molecule has 0 aromatic carbocycles. The molecular formula is C10H19NO2. The van der Waals surface area contributed by atoms with Crippen LogP contribution in [0.1, 0.15) is 26.7 Å². The fourth-order valence-corrected chi connectivity index (χ4v) is 0.783. The van der Waals surface area contributed by atoms with E-state index in [0.717, 1.165) is 12.8 Å². The number of rotatable bonds is 7. The van der Waals surface area contributed by atoms with Crippen LogP contribution in [-0.2, 0) is 9.53 Å². The molecule has 0 spiro atoms. The van der Waals surface area contributed by atoms with Crippen LogP contribution in [0, 0.1) is 0 Å². The van der Waals surface area contributed by atoms with Gasteiger partial charge in [-0.2, -0.15) is 0 Å². The van der Waals surface area contributed by atoms with Gasteiger partial charge in [0.25, 0.3) is 0 Å². The van der Waals surface area contributed by atoms with Crippen LogP contribution in [0.4, 0.5) is 0 Å². The molecule has 0 aromatic heterocycles. The van der Waals surface area contributed by atoms with Crippen molar-refractivity contribution in [3.63, 3.8) is 0 Å². The number of ether oxygens (including phenoxy) is 1. The molecule has 0 aromatic rings. The van der Waals surface area contributed by atoms with Crippen molar-refractivity contribution in [1.82, 2.24) is 5.32 Å². The third-order valence-electron chi connectivity index (χ3n) is 1.40. The Bertz CT molecular complexity index is 155. The Labute approximate surface area is 80.2 Å². The van der Waals surface area contributed by atoms with Gasteiger partial charge in [0.05, 0.1) is 0 Å². The minimum Gasteiger partial charge on any atom is -0.372 e. The number of allylic oxidation sites excluding steroid dienone is 1. The molecule has 3 nitrogen and oxygen atoms in total. The standard InChI is InChI=1S/C10H19NO2/c1-3-5-6-7-11-10(12)9-13-8-4-2/h5-6H,3-4,7-9H2,1-2H3,(H,11,12)/b6-5+.